The molecule has 32 heavy (non-hydrogen) atoms. The van der Waals surface area contributed by atoms with Crippen LogP contribution in [0.15, 0.2) is 30.3 Å². The fourth-order valence-corrected chi connectivity index (χ4v) is 3.55. The number of hydrogen-bond donors (Lipinski definition) is 1. The molecule has 3 aromatic rings. The van der Waals surface area contributed by atoms with Gasteiger partial charge >= 0.3 is 5.97 Å². The average molecular weight is 438 g/mol. The van der Waals surface area contributed by atoms with Crippen LogP contribution in [0.1, 0.15) is 27.2 Å². The number of aromatic nitrogens is 1. The zero-order chi connectivity index (χ0) is 23.4. The maximum atomic E-state index is 12.6. The van der Waals surface area contributed by atoms with Gasteiger partial charge in [0.25, 0.3) is 5.91 Å². The van der Waals surface area contributed by atoms with Gasteiger partial charge in [0.15, 0.2) is 23.8 Å². The number of aryl methyl sites for hydroxylation is 3. The second-order valence-corrected chi connectivity index (χ2v) is 7.33. The quantitative estimate of drug-likeness (QED) is 0.558. The van der Waals surface area contributed by atoms with E-state index in [2.05, 4.69) is 10.3 Å². The monoisotopic (exact) mass is 438 g/mol. The van der Waals surface area contributed by atoms with E-state index in [1.807, 2.05) is 32.9 Å². The number of amides is 1. The van der Waals surface area contributed by atoms with Crippen LogP contribution in [0.2, 0.25) is 0 Å². The maximum Gasteiger partial charge on any atom is 0.356 e. The van der Waals surface area contributed by atoms with Gasteiger partial charge in [0.2, 0.25) is 0 Å². The topological polar surface area (TPSA) is 96.0 Å². The molecular weight excluding hydrogens is 412 g/mol. The molecule has 0 aliphatic rings. The second-order valence-electron chi connectivity index (χ2n) is 7.33. The summed E-state index contributed by atoms with van der Waals surface area (Å²) in [5, 5.41) is 3.46. The number of nitrogens with zero attached hydrogens (tertiary/aromatic N) is 1. The summed E-state index contributed by atoms with van der Waals surface area (Å²) < 4.78 is 21.3. The number of carbonyl (C=O) groups is 2. The van der Waals surface area contributed by atoms with Crippen LogP contribution >= 0.6 is 0 Å². The van der Waals surface area contributed by atoms with E-state index in [0.29, 0.717) is 28.2 Å². The number of fused-ring (bicyclic) bond motifs is 1. The Bertz CT molecular complexity index is 1170. The fourth-order valence-electron chi connectivity index (χ4n) is 3.55. The third kappa shape index (κ3) is 4.74. The van der Waals surface area contributed by atoms with E-state index in [1.54, 1.807) is 12.1 Å². The summed E-state index contributed by atoms with van der Waals surface area (Å²) in [5.74, 6) is 0.257. The molecule has 0 saturated carbocycles. The number of rotatable bonds is 7. The average Bonchev–Trinajstić information content (AvgIpc) is 2.77. The molecule has 8 nitrogen and oxygen atoms in total. The molecule has 0 aliphatic heterocycles. The predicted octanol–water partition coefficient (Wildman–Crippen LogP) is 3.98. The number of anilines is 1. The summed E-state index contributed by atoms with van der Waals surface area (Å²) in [6.07, 6.45) is 0. The van der Waals surface area contributed by atoms with Crippen molar-refractivity contribution in [1.82, 2.24) is 4.98 Å². The van der Waals surface area contributed by atoms with Gasteiger partial charge in [0, 0.05) is 23.2 Å². The van der Waals surface area contributed by atoms with Crippen molar-refractivity contribution in [3.8, 4) is 17.2 Å². The van der Waals surface area contributed by atoms with Gasteiger partial charge in [-0.3, -0.25) is 4.79 Å². The van der Waals surface area contributed by atoms with Crippen molar-refractivity contribution in [1.29, 1.82) is 0 Å². The van der Waals surface area contributed by atoms with Gasteiger partial charge < -0.3 is 24.3 Å². The third-order valence-corrected chi connectivity index (χ3v) is 4.97. The highest BCUT2D eigenvalue weighted by atomic mass is 16.5. The third-order valence-electron chi connectivity index (χ3n) is 4.97. The van der Waals surface area contributed by atoms with Crippen molar-refractivity contribution in [3.63, 3.8) is 0 Å². The highest BCUT2D eigenvalue weighted by Gasteiger charge is 2.18. The Labute approximate surface area is 186 Å². The van der Waals surface area contributed by atoms with Crippen LogP contribution in [0.5, 0.6) is 17.2 Å². The lowest BCUT2D eigenvalue weighted by atomic mass is 10.1. The van der Waals surface area contributed by atoms with Crippen molar-refractivity contribution in [2.45, 2.75) is 20.8 Å². The molecule has 1 aromatic heterocycles. The van der Waals surface area contributed by atoms with E-state index < -0.39 is 5.97 Å². The van der Waals surface area contributed by atoms with Gasteiger partial charge in [-0.25, -0.2) is 9.78 Å². The lowest BCUT2D eigenvalue weighted by molar-refractivity contribution is -0.118. The molecule has 8 heteroatoms. The molecule has 0 bridgehead atoms. The Balaban J connectivity index is 1.93. The van der Waals surface area contributed by atoms with Gasteiger partial charge in [0.05, 0.1) is 26.8 Å². The number of benzene rings is 2. The lowest BCUT2D eigenvalue weighted by Crippen LogP contribution is -2.21. The first-order valence-electron chi connectivity index (χ1n) is 9.93. The van der Waals surface area contributed by atoms with E-state index in [4.69, 9.17) is 18.9 Å². The van der Waals surface area contributed by atoms with E-state index in [0.717, 1.165) is 22.4 Å². The molecule has 0 saturated heterocycles. The number of esters is 1. The van der Waals surface area contributed by atoms with Crippen molar-refractivity contribution in [2.24, 2.45) is 0 Å². The van der Waals surface area contributed by atoms with Crippen LogP contribution in [0.25, 0.3) is 10.9 Å². The Morgan fingerprint density at radius 1 is 0.875 bits per heavy atom. The molecule has 0 fully saturated rings. The molecule has 168 valence electrons. The van der Waals surface area contributed by atoms with Crippen LogP contribution in [0.4, 0.5) is 5.69 Å². The minimum absolute atomic E-state index is 0.0489. The number of pyridine rings is 1. The number of carbonyl (C=O) groups excluding carboxylic acids is 2. The smallest absolute Gasteiger partial charge is 0.356 e. The van der Waals surface area contributed by atoms with Gasteiger partial charge in [-0.15, -0.1) is 0 Å². The van der Waals surface area contributed by atoms with Crippen molar-refractivity contribution in [3.05, 3.63) is 52.7 Å². The number of nitrogens with one attached hydrogen (secondary N) is 1. The van der Waals surface area contributed by atoms with Gasteiger partial charge in [0.1, 0.15) is 5.75 Å². The summed E-state index contributed by atoms with van der Waals surface area (Å²) in [7, 11) is 4.29. The van der Waals surface area contributed by atoms with Gasteiger partial charge in [-0.2, -0.15) is 0 Å². The lowest BCUT2D eigenvalue weighted by Gasteiger charge is -2.15. The molecule has 0 radical (unpaired) electrons. The molecule has 1 heterocycles. The van der Waals surface area contributed by atoms with E-state index in [-0.39, 0.29) is 18.2 Å². The maximum absolute atomic E-state index is 12.6. The number of ether oxygens (including phenoxy) is 4. The van der Waals surface area contributed by atoms with E-state index in [1.165, 1.54) is 27.4 Å². The second kappa shape index (κ2) is 9.55. The molecule has 1 amide bonds. The molecule has 2 aromatic carbocycles. The summed E-state index contributed by atoms with van der Waals surface area (Å²) in [6.45, 7) is 5.62. The molecule has 0 aliphatic carbocycles. The van der Waals surface area contributed by atoms with Crippen LogP contribution < -0.4 is 19.5 Å². The Kier molecular flexibility index (Phi) is 6.82. The van der Waals surface area contributed by atoms with Crippen molar-refractivity contribution < 1.29 is 28.5 Å². The molecule has 3 rings (SSSR count). The first-order chi connectivity index (χ1) is 15.3. The molecule has 1 N–H and O–H groups in total. The standard InChI is InChI=1S/C24H26N2O6/c1-13-7-14(2)23(15(3)8-13)26-22(27)12-32-19-11-18(24(28)31-6)25-17-10-21(30-5)20(29-4)9-16(17)19/h7-11H,12H2,1-6H3,(H,26,27). The van der Waals surface area contributed by atoms with Crippen molar-refractivity contribution in [2.75, 3.05) is 33.3 Å². The normalized spacial score (nSPS) is 10.6. The molecule has 0 atom stereocenters. The van der Waals surface area contributed by atoms with Crippen LogP contribution in [0.3, 0.4) is 0 Å². The highest BCUT2D eigenvalue weighted by Crippen LogP contribution is 2.36. The number of methoxy groups -OCH3 is 3. The summed E-state index contributed by atoms with van der Waals surface area (Å²) >= 11 is 0. The SMILES string of the molecule is COC(=O)c1cc(OCC(=O)Nc2c(C)cc(C)cc2C)c2cc(OC)c(OC)cc2n1. The Morgan fingerprint density at radius 3 is 2.09 bits per heavy atom. The minimum atomic E-state index is -0.623. The minimum Gasteiger partial charge on any atom is -0.493 e. The summed E-state index contributed by atoms with van der Waals surface area (Å²) in [6, 6.07) is 8.76. The summed E-state index contributed by atoms with van der Waals surface area (Å²) in [4.78, 5) is 29.0. The molecule has 0 spiro atoms. The first-order valence-corrected chi connectivity index (χ1v) is 9.93. The van der Waals surface area contributed by atoms with Gasteiger partial charge in [-0.05, 0) is 38.0 Å². The first kappa shape index (κ1) is 22.9. The highest BCUT2D eigenvalue weighted by molar-refractivity contribution is 5.96. The molecular formula is C24H26N2O6. The Hall–Kier alpha value is -3.81. The van der Waals surface area contributed by atoms with Crippen LogP contribution in [-0.2, 0) is 9.53 Å². The summed E-state index contributed by atoms with van der Waals surface area (Å²) in [5.41, 5.74) is 4.30. The van der Waals surface area contributed by atoms with E-state index in [9.17, 15) is 9.59 Å². The van der Waals surface area contributed by atoms with Crippen LogP contribution in [-0.4, -0.2) is 44.8 Å². The Morgan fingerprint density at radius 2 is 1.50 bits per heavy atom. The van der Waals surface area contributed by atoms with Crippen LogP contribution in [0, 0.1) is 20.8 Å². The van der Waals surface area contributed by atoms with Gasteiger partial charge in [-0.1, -0.05) is 17.7 Å². The molecule has 0 unspecified atom stereocenters. The van der Waals surface area contributed by atoms with Crippen molar-refractivity contribution >= 4 is 28.5 Å². The fraction of sp³-hybridized carbons (Fsp3) is 0.292. The largest absolute Gasteiger partial charge is 0.493 e. The van der Waals surface area contributed by atoms with E-state index >= 15 is 0 Å². The number of hydrogen-bond acceptors (Lipinski definition) is 7. The zero-order valence-corrected chi connectivity index (χ0v) is 19.0. The zero-order valence-electron chi connectivity index (χ0n) is 19.0. The predicted molar refractivity (Wildman–Crippen MR) is 121 cm³/mol.